The molecule has 1 heterocycles. The largest absolute Gasteiger partial charge is 0.482 e. The molecule has 0 bridgehead atoms. The number of hydrogen-bond acceptors (Lipinski definition) is 6. The Bertz CT molecular complexity index is 1520. The smallest absolute Gasteiger partial charge is 0.262 e. The highest BCUT2D eigenvalue weighted by Gasteiger charge is 2.33. The number of nitrogens with one attached hydrogen (secondary N) is 2. The van der Waals surface area contributed by atoms with Crippen LogP contribution in [0.15, 0.2) is 66.7 Å². The minimum atomic E-state index is -0.228. The van der Waals surface area contributed by atoms with Crippen LogP contribution < -0.4 is 21.1 Å². The van der Waals surface area contributed by atoms with Crippen LogP contribution in [0.2, 0.25) is 0 Å². The molecule has 2 aliphatic rings. The first-order chi connectivity index (χ1) is 21.8. The lowest BCUT2D eigenvalue weighted by atomic mass is 10.1. The molecular weight excluding hydrogens is 570 g/mol. The van der Waals surface area contributed by atoms with Crippen molar-refractivity contribution in [1.82, 2.24) is 9.80 Å². The number of fused-ring (bicyclic) bond motifs is 1. The second-order valence-corrected chi connectivity index (χ2v) is 11.7. The second-order valence-electron chi connectivity index (χ2n) is 11.7. The minimum absolute atomic E-state index is 0.0451. The zero-order valence-corrected chi connectivity index (χ0v) is 25.7. The van der Waals surface area contributed by atoms with Gasteiger partial charge in [-0.1, -0.05) is 37.1 Å². The Balaban J connectivity index is 1.15. The molecule has 1 fully saturated rings. The van der Waals surface area contributed by atoms with E-state index in [9.17, 15) is 19.2 Å². The van der Waals surface area contributed by atoms with E-state index in [4.69, 9.17) is 10.5 Å². The topological polar surface area (TPSA) is 134 Å². The van der Waals surface area contributed by atoms with Crippen molar-refractivity contribution in [3.63, 3.8) is 0 Å². The molecule has 45 heavy (non-hydrogen) atoms. The number of nitrogens with zero attached hydrogens (tertiary/aromatic N) is 2. The van der Waals surface area contributed by atoms with Crippen LogP contribution in [0.1, 0.15) is 77.3 Å². The molecule has 1 aliphatic heterocycles. The van der Waals surface area contributed by atoms with Gasteiger partial charge in [-0.2, -0.15) is 0 Å². The number of rotatable bonds is 14. The van der Waals surface area contributed by atoms with Gasteiger partial charge in [0.1, 0.15) is 5.75 Å². The first kappa shape index (κ1) is 31.7. The van der Waals surface area contributed by atoms with Gasteiger partial charge in [-0.15, -0.1) is 0 Å². The molecular formula is C35H41N5O5. The van der Waals surface area contributed by atoms with Gasteiger partial charge in [-0.3, -0.25) is 19.2 Å². The van der Waals surface area contributed by atoms with Crippen molar-refractivity contribution < 1.29 is 23.9 Å². The minimum Gasteiger partial charge on any atom is -0.482 e. The molecule has 1 aliphatic carbocycles. The molecule has 3 aromatic rings. The normalized spacial score (nSPS) is 13.7. The van der Waals surface area contributed by atoms with Crippen LogP contribution in [0.4, 0.5) is 11.4 Å². The van der Waals surface area contributed by atoms with E-state index in [1.54, 1.807) is 37.3 Å². The predicted molar refractivity (Wildman–Crippen MR) is 173 cm³/mol. The van der Waals surface area contributed by atoms with Crippen molar-refractivity contribution in [2.45, 2.75) is 64.6 Å². The van der Waals surface area contributed by atoms with Gasteiger partial charge >= 0.3 is 0 Å². The summed E-state index contributed by atoms with van der Waals surface area (Å²) in [6, 6.07) is 20.1. The zero-order chi connectivity index (χ0) is 31.8. The van der Waals surface area contributed by atoms with Crippen molar-refractivity contribution in [2.75, 3.05) is 30.3 Å². The highest BCUT2D eigenvalue weighted by molar-refractivity contribution is 6.04. The van der Waals surface area contributed by atoms with Gasteiger partial charge in [0.25, 0.3) is 17.7 Å². The number of hydrogen-bond donors (Lipinski definition) is 3. The van der Waals surface area contributed by atoms with Gasteiger partial charge in [0.05, 0.1) is 5.69 Å². The van der Waals surface area contributed by atoms with Gasteiger partial charge in [-0.25, -0.2) is 0 Å². The molecule has 5 rings (SSSR count). The molecule has 0 unspecified atom stereocenters. The molecule has 4 amide bonds. The summed E-state index contributed by atoms with van der Waals surface area (Å²) in [5.41, 5.74) is 9.73. The highest BCUT2D eigenvalue weighted by atomic mass is 16.5. The molecule has 1 saturated carbocycles. The monoisotopic (exact) mass is 611 g/mol. The lowest BCUT2D eigenvalue weighted by Gasteiger charge is -2.24. The van der Waals surface area contributed by atoms with Gasteiger partial charge < -0.3 is 30.9 Å². The standard InChI is InChI=1S/C35H41N5O5/c1-24(41)39(19-5-3-2-4-18-36)21-25-8-13-29(14-9-25)37-34(43)27-10-6-26(7-11-27)22-40(30-15-16-30)35(44)28-12-17-31-32(20-28)45-23-33(42)38-31/h6-14,17,20,30H,2-5,15-16,18-19,21-23,36H2,1H3,(H,37,43)(H,38,42). The number of carbonyl (C=O) groups excluding carboxylic acids is 4. The number of unbranched alkanes of at least 4 members (excludes halogenated alkanes) is 3. The van der Waals surface area contributed by atoms with Gasteiger partial charge in [0, 0.05) is 49.4 Å². The maximum absolute atomic E-state index is 13.5. The Hall–Kier alpha value is -4.70. The van der Waals surface area contributed by atoms with E-state index in [2.05, 4.69) is 10.6 Å². The second kappa shape index (κ2) is 14.9. The Morgan fingerprint density at radius 3 is 2.24 bits per heavy atom. The Kier molecular flexibility index (Phi) is 10.5. The van der Waals surface area contributed by atoms with E-state index in [0.717, 1.165) is 49.7 Å². The number of anilines is 2. The van der Waals surface area contributed by atoms with Gasteiger partial charge in [-0.05, 0) is 85.8 Å². The van der Waals surface area contributed by atoms with Crippen molar-refractivity contribution >= 4 is 35.0 Å². The summed E-state index contributed by atoms with van der Waals surface area (Å²) in [6.45, 7) is 3.88. The highest BCUT2D eigenvalue weighted by Crippen LogP contribution is 2.33. The number of ether oxygens (including phenoxy) is 1. The van der Waals surface area contributed by atoms with Crippen LogP contribution in [0.5, 0.6) is 5.75 Å². The molecule has 0 saturated heterocycles. The Labute approximate surface area is 263 Å². The maximum Gasteiger partial charge on any atom is 0.262 e. The first-order valence-corrected chi connectivity index (χ1v) is 15.6. The average Bonchev–Trinajstić information content (AvgIpc) is 3.89. The third-order valence-electron chi connectivity index (χ3n) is 8.09. The summed E-state index contributed by atoms with van der Waals surface area (Å²) < 4.78 is 5.49. The predicted octanol–water partition coefficient (Wildman–Crippen LogP) is 4.94. The summed E-state index contributed by atoms with van der Waals surface area (Å²) >= 11 is 0. The number of amides is 4. The fraction of sp³-hybridized carbons (Fsp3) is 0.371. The van der Waals surface area contributed by atoms with Crippen molar-refractivity contribution in [3.8, 4) is 5.75 Å². The van der Waals surface area contributed by atoms with Crippen LogP contribution in [-0.4, -0.2) is 59.2 Å². The van der Waals surface area contributed by atoms with Crippen molar-refractivity contribution in [3.05, 3.63) is 89.0 Å². The third kappa shape index (κ3) is 8.69. The first-order valence-electron chi connectivity index (χ1n) is 15.6. The summed E-state index contributed by atoms with van der Waals surface area (Å²) in [4.78, 5) is 53.8. The summed E-state index contributed by atoms with van der Waals surface area (Å²) in [5.74, 6) is -0.00845. The fourth-order valence-corrected chi connectivity index (χ4v) is 5.35. The lowest BCUT2D eigenvalue weighted by molar-refractivity contribution is -0.129. The van der Waals surface area contributed by atoms with E-state index >= 15 is 0 Å². The molecule has 0 spiro atoms. The number of benzene rings is 3. The summed E-state index contributed by atoms with van der Waals surface area (Å²) in [6.07, 6.45) is 5.99. The lowest BCUT2D eigenvalue weighted by Crippen LogP contribution is -2.33. The molecule has 0 aromatic heterocycles. The van der Waals surface area contributed by atoms with E-state index in [1.165, 1.54) is 0 Å². The van der Waals surface area contributed by atoms with Gasteiger partial charge in [0.15, 0.2) is 6.61 Å². The fourth-order valence-electron chi connectivity index (χ4n) is 5.35. The van der Waals surface area contributed by atoms with E-state index in [1.807, 2.05) is 46.2 Å². The quantitative estimate of drug-likeness (QED) is 0.221. The third-order valence-corrected chi connectivity index (χ3v) is 8.09. The maximum atomic E-state index is 13.5. The number of nitrogens with two attached hydrogens (primary N) is 1. The zero-order valence-electron chi connectivity index (χ0n) is 25.7. The molecule has 4 N–H and O–H groups in total. The van der Waals surface area contributed by atoms with Crippen LogP contribution in [-0.2, 0) is 22.7 Å². The van der Waals surface area contributed by atoms with Crippen molar-refractivity contribution in [2.24, 2.45) is 5.73 Å². The average molecular weight is 612 g/mol. The number of carbonyl (C=O) groups is 4. The Morgan fingerprint density at radius 2 is 1.56 bits per heavy atom. The Morgan fingerprint density at radius 1 is 0.889 bits per heavy atom. The van der Waals surface area contributed by atoms with Crippen LogP contribution in [0.3, 0.4) is 0 Å². The van der Waals surface area contributed by atoms with Crippen LogP contribution in [0.25, 0.3) is 0 Å². The molecule has 236 valence electrons. The molecule has 3 aromatic carbocycles. The van der Waals surface area contributed by atoms with Crippen LogP contribution >= 0.6 is 0 Å². The SMILES string of the molecule is CC(=O)N(CCCCCCN)Cc1ccc(NC(=O)c2ccc(CN(C(=O)c3ccc4c(c3)OCC(=O)N4)C3CC3)cc2)cc1. The van der Waals surface area contributed by atoms with Crippen LogP contribution in [0, 0.1) is 0 Å². The molecule has 10 nitrogen and oxygen atoms in total. The molecule has 0 atom stereocenters. The van der Waals surface area contributed by atoms with E-state index in [0.29, 0.717) is 54.4 Å². The van der Waals surface area contributed by atoms with Gasteiger partial charge in [0.2, 0.25) is 5.91 Å². The molecule has 0 radical (unpaired) electrons. The summed E-state index contributed by atoms with van der Waals surface area (Å²) in [5, 5.41) is 5.68. The van der Waals surface area contributed by atoms with E-state index < -0.39 is 0 Å². The molecule has 10 heteroatoms. The summed E-state index contributed by atoms with van der Waals surface area (Å²) in [7, 11) is 0. The van der Waals surface area contributed by atoms with E-state index in [-0.39, 0.29) is 36.3 Å². The van der Waals surface area contributed by atoms with Crippen molar-refractivity contribution in [1.29, 1.82) is 0 Å².